The second-order valence-electron chi connectivity index (χ2n) is 5.91. The summed E-state index contributed by atoms with van der Waals surface area (Å²) in [6, 6.07) is 8.43. The normalized spacial score (nSPS) is 17.2. The third-order valence-electron chi connectivity index (χ3n) is 4.19. The van der Waals surface area contributed by atoms with Crippen molar-refractivity contribution in [3.8, 4) is 5.69 Å². The molecule has 6 heteroatoms. The number of nitrogens with zero attached hydrogens (tertiary/aromatic N) is 4. The number of piperazine rings is 1. The predicted octanol–water partition coefficient (Wildman–Crippen LogP) is 0.897. The highest BCUT2D eigenvalue weighted by molar-refractivity contribution is 5.80. The van der Waals surface area contributed by atoms with Gasteiger partial charge >= 0.3 is 0 Å². The Hall–Kier alpha value is -2.18. The van der Waals surface area contributed by atoms with Gasteiger partial charge in [-0.1, -0.05) is 12.1 Å². The third kappa shape index (κ3) is 3.78. The second kappa shape index (κ2) is 6.93. The molecule has 1 atom stereocenters. The lowest BCUT2D eigenvalue weighted by atomic mass is 10.1. The van der Waals surface area contributed by atoms with Crippen molar-refractivity contribution in [1.82, 2.24) is 19.4 Å². The molecule has 1 aliphatic rings. The van der Waals surface area contributed by atoms with Gasteiger partial charge in [-0.15, -0.1) is 0 Å². The van der Waals surface area contributed by atoms with Crippen molar-refractivity contribution in [2.24, 2.45) is 0 Å². The van der Waals surface area contributed by atoms with Gasteiger partial charge in [0.15, 0.2) is 0 Å². The van der Waals surface area contributed by atoms with Gasteiger partial charge in [-0.2, -0.15) is 0 Å². The predicted molar refractivity (Wildman–Crippen MR) is 87.1 cm³/mol. The Balaban J connectivity index is 1.54. The summed E-state index contributed by atoms with van der Waals surface area (Å²) in [4.78, 5) is 19.9. The maximum Gasteiger partial charge on any atom is 0.251 e. The van der Waals surface area contributed by atoms with Crippen LogP contribution in [0.1, 0.15) is 12.5 Å². The molecule has 0 radical (unpaired) electrons. The highest BCUT2D eigenvalue weighted by Gasteiger charge is 2.23. The molecule has 122 valence electrons. The largest absolute Gasteiger partial charge is 0.384 e. The Labute approximate surface area is 136 Å². The summed E-state index contributed by atoms with van der Waals surface area (Å²) in [6.07, 6.45) is 4.57. The lowest BCUT2D eigenvalue weighted by Crippen LogP contribution is -2.50. The lowest BCUT2D eigenvalue weighted by molar-refractivity contribution is -0.141. The fraction of sp³-hybridized carbons (Fsp3) is 0.412. The summed E-state index contributed by atoms with van der Waals surface area (Å²) < 4.78 is 1.98. The van der Waals surface area contributed by atoms with E-state index in [9.17, 15) is 9.90 Å². The maximum absolute atomic E-state index is 11.8. The van der Waals surface area contributed by atoms with Crippen LogP contribution in [0, 0.1) is 0 Å². The Kier molecular flexibility index (Phi) is 4.73. The summed E-state index contributed by atoms with van der Waals surface area (Å²) in [5.74, 6) is -0.172. The average Bonchev–Trinajstić information content (AvgIpc) is 3.10. The zero-order valence-corrected chi connectivity index (χ0v) is 13.3. The highest BCUT2D eigenvalue weighted by Crippen LogP contribution is 2.13. The molecule has 1 fully saturated rings. The van der Waals surface area contributed by atoms with Crippen molar-refractivity contribution < 1.29 is 9.90 Å². The molecular weight excluding hydrogens is 292 g/mol. The molecule has 1 aromatic heterocycles. The molecule has 0 saturated carbocycles. The molecule has 2 aromatic rings. The number of amides is 1. The molecule has 23 heavy (non-hydrogen) atoms. The lowest BCUT2D eigenvalue weighted by Gasteiger charge is -2.35. The van der Waals surface area contributed by atoms with E-state index >= 15 is 0 Å². The Morgan fingerprint density at radius 3 is 2.48 bits per heavy atom. The van der Waals surface area contributed by atoms with Gasteiger partial charge in [0.05, 0.1) is 6.33 Å². The monoisotopic (exact) mass is 314 g/mol. The quantitative estimate of drug-likeness (QED) is 0.911. The topological polar surface area (TPSA) is 61.6 Å². The number of aliphatic hydroxyl groups excluding tert-OH is 1. The van der Waals surface area contributed by atoms with E-state index in [-0.39, 0.29) is 5.91 Å². The zero-order valence-electron chi connectivity index (χ0n) is 13.3. The summed E-state index contributed by atoms with van der Waals surface area (Å²) in [5.41, 5.74) is 2.35. The van der Waals surface area contributed by atoms with Crippen LogP contribution in [0.4, 0.5) is 0 Å². The van der Waals surface area contributed by atoms with Crippen LogP contribution in [0.25, 0.3) is 5.69 Å². The number of aromatic nitrogens is 2. The molecule has 1 aliphatic heterocycles. The summed E-state index contributed by atoms with van der Waals surface area (Å²) >= 11 is 0. The summed E-state index contributed by atoms with van der Waals surface area (Å²) in [7, 11) is 0. The first kappa shape index (κ1) is 15.7. The molecule has 6 nitrogen and oxygen atoms in total. The van der Waals surface area contributed by atoms with Gasteiger partial charge in [-0.3, -0.25) is 9.69 Å². The van der Waals surface area contributed by atoms with Crippen molar-refractivity contribution in [3.63, 3.8) is 0 Å². The van der Waals surface area contributed by atoms with Crippen LogP contribution in [0.15, 0.2) is 43.0 Å². The van der Waals surface area contributed by atoms with Gasteiger partial charge in [0.25, 0.3) is 5.91 Å². The fourth-order valence-corrected chi connectivity index (χ4v) is 2.83. The zero-order chi connectivity index (χ0) is 16.2. The van der Waals surface area contributed by atoms with Gasteiger partial charge < -0.3 is 14.6 Å². The Morgan fingerprint density at radius 2 is 1.91 bits per heavy atom. The molecule has 1 N–H and O–H groups in total. The standard InChI is InChI=1S/C17H22N4O2/c1-14(22)17(23)20-10-8-19(9-11-20)12-15-2-4-16(5-3-15)21-7-6-18-13-21/h2-7,13-14,22H,8-12H2,1H3. The Morgan fingerprint density at radius 1 is 1.22 bits per heavy atom. The van der Waals surface area contributed by atoms with E-state index in [0.29, 0.717) is 13.1 Å². The molecule has 2 heterocycles. The summed E-state index contributed by atoms with van der Waals surface area (Å²) in [6.45, 7) is 5.43. The molecule has 3 rings (SSSR count). The second-order valence-corrected chi connectivity index (χ2v) is 5.91. The van der Waals surface area contributed by atoms with E-state index in [2.05, 4.69) is 34.1 Å². The highest BCUT2D eigenvalue weighted by atomic mass is 16.3. The van der Waals surface area contributed by atoms with Gasteiger partial charge in [0.1, 0.15) is 6.10 Å². The number of hydrogen-bond acceptors (Lipinski definition) is 4. The number of hydrogen-bond donors (Lipinski definition) is 1. The first-order chi connectivity index (χ1) is 11.1. The first-order valence-electron chi connectivity index (χ1n) is 7.90. The molecule has 1 amide bonds. The van der Waals surface area contributed by atoms with Crippen molar-refractivity contribution in [1.29, 1.82) is 0 Å². The Bertz CT molecular complexity index is 629. The van der Waals surface area contributed by atoms with E-state index in [1.54, 1.807) is 17.4 Å². The van der Waals surface area contributed by atoms with Crippen LogP contribution in [-0.2, 0) is 11.3 Å². The average molecular weight is 314 g/mol. The molecule has 1 unspecified atom stereocenters. The SMILES string of the molecule is CC(O)C(=O)N1CCN(Cc2ccc(-n3ccnc3)cc2)CC1. The van der Waals surface area contributed by atoms with Gasteiger partial charge in [-0.05, 0) is 24.6 Å². The van der Waals surface area contributed by atoms with Crippen molar-refractivity contribution in [2.45, 2.75) is 19.6 Å². The summed E-state index contributed by atoms with van der Waals surface area (Å²) in [5, 5.41) is 9.37. The molecule has 0 bridgehead atoms. The van der Waals surface area contributed by atoms with Crippen molar-refractivity contribution >= 4 is 5.91 Å². The van der Waals surface area contributed by atoms with E-state index < -0.39 is 6.10 Å². The molecule has 0 spiro atoms. The van der Waals surface area contributed by atoms with Crippen LogP contribution in [0.2, 0.25) is 0 Å². The van der Waals surface area contributed by atoms with Crippen molar-refractivity contribution in [2.75, 3.05) is 26.2 Å². The van der Waals surface area contributed by atoms with Gasteiger partial charge in [-0.25, -0.2) is 4.98 Å². The molecule has 0 aliphatic carbocycles. The number of imidazole rings is 1. The fourth-order valence-electron chi connectivity index (χ4n) is 2.83. The van der Waals surface area contributed by atoms with Crippen LogP contribution >= 0.6 is 0 Å². The van der Waals surface area contributed by atoms with E-state index in [1.165, 1.54) is 12.5 Å². The minimum Gasteiger partial charge on any atom is -0.384 e. The first-order valence-corrected chi connectivity index (χ1v) is 7.90. The van der Waals surface area contributed by atoms with Gasteiger partial charge in [0, 0.05) is 50.8 Å². The molecular formula is C17H22N4O2. The van der Waals surface area contributed by atoms with Crippen molar-refractivity contribution in [3.05, 3.63) is 48.5 Å². The maximum atomic E-state index is 11.8. The number of rotatable bonds is 4. The molecule has 1 aromatic carbocycles. The molecule has 1 saturated heterocycles. The number of aliphatic hydroxyl groups is 1. The van der Waals surface area contributed by atoms with Crippen LogP contribution in [0.5, 0.6) is 0 Å². The van der Waals surface area contributed by atoms with Crippen LogP contribution in [-0.4, -0.2) is 62.6 Å². The van der Waals surface area contributed by atoms with Crippen LogP contribution in [0.3, 0.4) is 0 Å². The minimum absolute atomic E-state index is 0.172. The number of carbonyl (C=O) groups excluding carboxylic acids is 1. The minimum atomic E-state index is -0.905. The smallest absolute Gasteiger partial charge is 0.251 e. The number of carbonyl (C=O) groups is 1. The van der Waals surface area contributed by atoms with E-state index in [4.69, 9.17) is 0 Å². The number of benzene rings is 1. The third-order valence-corrected chi connectivity index (χ3v) is 4.19. The van der Waals surface area contributed by atoms with Crippen LogP contribution < -0.4 is 0 Å². The van der Waals surface area contributed by atoms with E-state index in [0.717, 1.165) is 25.3 Å². The van der Waals surface area contributed by atoms with E-state index in [1.807, 2.05) is 10.8 Å². The van der Waals surface area contributed by atoms with Gasteiger partial charge in [0.2, 0.25) is 0 Å².